The number of carboxylic acids is 1. The molecular formula is C10H9ClN2O2. The van der Waals surface area contributed by atoms with E-state index in [1.165, 1.54) is 12.1 Å². The molecule has 5 heteroatoms. The van der Waals surface area contributed by atoms with Crippen LogP contribution in [0.25, 0.3) is 0 Å². The molecule has 0 aromatic carbocycles. The summed E-state index contributed by atoms with van der Waals surface area (Å²) in [5.74, 6) is 1.73. The molecule has 0 aliphatic heterocycles. The first-order valence-electron chi connectivity index (χ1n) is 4.16. The van der Waals surface area contributed by atoms with E-state index < -0.39 is 5.97 Å². The van der Waals surface area contributed by atoms with Gasteiger partial charge in [-0.1, -0.05) is 17.5 Å². The molecule has 0 saturated carbocycles. The predicted octanol–water partition coefficient (Wildman–Crippen LogP) is 1.87. The lowest BCUT2D eigenvalue weighted by Gasteiger charge is -2.09. The van der Waals surface area contributed by atoms with E-state index >= 15 is 0 Å². The Balaban J connectivity index is 3.00. The summed E-state index contributed by atoms with van der Waals surface area (Å²) in [4.78, 5) is 14.6. The van der Waals surface area contributed by atoms with Gasteiger partial charge in [-0.3, -0.25) is 0 Å². The Bertz CT molecular complexity index is 426. The summed E-state index contributed by atoms with van der Waals surface area (Å²) in [5, 5.41) is 11.7. The van der Waals surface area contributed by atoms with Crippen molar-refractivity contribution < 1.29 is 9.90 Å². The molecule has 0 aliphatic carbocycles. The van der Waals surface area contributed by atoms with Crippen LogP contribution in [0, 0.1) is 12.3 Å². The standard InChI is InChI=1S/C10H9ClN2O2/c1-3-6(2)12-9-5-7(10(14)15)4-8(11)13-9/h1,4-6H,2H3,(H,12,13)(H,14,15). The van der Waals surface area contributed by atoms with Crippen molar-refractivity contribution in [3.05, 3.63) is 22.8 Å². The number of carbonyl (C=O) groups is 1. The molecule has 0 aliphatic rings. The fourth-order valence-electron chi connectivity index (χ4n) is 0.958. The third-order valence-corrected chi connectivity index (χ3v) is 1.85. The van der Waals surface area contributed by atoms with Crippen molar-refractivity contribution in [1.82, 2.24) is 4.98 Å². The van der Waals surface area contributed by atoms with E-state index in [4.69, 9.17) is 23.1 Å². The van der Waals surface area contributed by atoms with E-state index in [-0.39, 0.29) is 16.8 Å². The number of terminal acetylenes is 1. The first kappa shape index (κ1) is 11.3. The molecule has 1 aromatic rings. The monoisotopic (exact) mass is 224 g/mol. The summed E-state index contributed by atoms with van der Waals surface area (Å²) in [7, 11) is 0. The smallest absolute Gasteiger partial charge is 0.335 e. The first-order chi connectivity index (χ1) is 7.02. The molecular weight excluding hydrogens is 216 g/mol. The lowest BCUT2D eigenvalue weighted by molar-refractivity contribution is 0.0697. The average Bonchev–Trinajstić information content (AvgIpc) is 2.16. The predicted molar refractivity (Wildman–Crippen MR) is 58.1 cm³/mol. The molecule has 0 amide bonds. The minimum absolute atomic E-state index is 0.0710. The minimum atomic E-state index is -1.06. The van der Waals surface area contributed by atoms with Gasteiger partial charge in [0.25, 0.3) is 0 Å². The van der Waals surface area contributed by atoms with Gasteiger partial charge in [-0.25, -0.2) is 9.78 Å². The Morgan fingerprint density at radius 1 is 1.73 bits per heavy atom. The van der Waals surface area contributed by atoms with Crippen LogP contribution >= 0.6 is 11.6 Å². The second kappa shape index (κ2) is 4.67. The molecule has 1 rings (SSSR count). The maximum absolute atomic E-state index is 10.7. The number of nitrogens with zero attached hydrogens (tertiary/aromatic N) is 1. The Morgan fingerprint density at radius 3 is 2.93 bits per heavy atom. The number of hydrogen-bond donors (Lipinski definition) is 2. The third kappa shape index (κ3) is 3.15. The van der Waals surface area contributed by atoms with Crippen LogP contribution < -0.4 is 5.32 Å². The molecule has 15 heavy (non-hydrogen) atoms. The molecule has 2 N–H and O–H groups in total. The fraction of sp³-hybridized carbons (Fsp3) is 0.200. The highest BCUT2D eigenvalue weighted by atomic mass is 35.5. The molecule has 0 spiro atoms. The highest BCUT2D eigenvalue weighted by Crippen LogP contribution is 2.15. The van der Waals surface area contributed by atoms with Crippen LogP contribution in [0.4, 0.5) is 5.82 Å². The van der Waals surface area contributed by atoms with Crippen LogP contribution in [-0.2, 0) is 0 Å². The van der Waals surface area contributed by atoms with Gasteiger partial charge in [-0.2, -0.15) is 0 Å². The lowest BCUT2D eigenvalue weighted by Crippen LogP contribution is -2.14. The number of nitrogens with one attached hydrogen (secondary N) is 1. The van der Waals surface area contributed by atoms with Crippen molar-refractivity contribution in [1.29, 1.82) is 0 Å². The molecule has 78 valence electrons. The van der Waals surface area contributed by atoms with Gasteiger partial charge in [0.1, 0.15) is 11.0 Å². The van der Waals surface area contributed by atoms with E-state index in [1.54, 1.807) is 6.92 Å². The summed E-state index contributed by atoms with van der Waals surface area (Å²) in [6, 6.07) is 2.41. The third-order valence-electron chi connectivity index (χ3n) is 1.66. The van der Waals surface area contributed by atoms with E-state index in [0.717, 1.165) is 0 Å². The zero-order valence-corrected chi connectivity index (χ0v) is 8.75. The SMILES string of the molecule is C#CC(C)Nc1cc(C(=O)O)cc(Cl)n1. The molecule has 1 heterocycles. The Labute approximate surface area is 92.3 Å². The van der Waals surface area contributed by atoms with Gasteiger partial charge in [-0.05, 0) is 19.1 Å². The summed E-state index contributed by atoms with van der Waals surface area (Å²) in [6.07, 6.45) is 5.17. The largest absolute Gasteiger partial charge is 0.478 e. The van der Waals surface area contributed by atoms with Crippen LogP contribution in [-0.4, -0.2) is 22.1 Å². The molecule has 0 bridgehead atoms. The number of aromatic nitrogens is 1. The topological polar surface area (TPSA) is 62.2 Å². The van der Waals surface area contributed by atoms with Gasteiger partial charge in [0, 0.05) is 0 Å². The van der Waals surface area contributed by atoms with Gasteiger partial charge in [-0.15, -0.1) is 6.42 Å². The van der Waals surface area contributed by atoms with Crippen molar-refractivity contribution in [3.63, 3.8) is 0 Å². The summed E-state index contributed by atoms with van der Waals surface area (Å²) < 4.78 is 0. The van der Waals surface area contributed by atoms with Crippen molar-refractivity contribution in [2.75, 3.05) is 5.32 Å². The van der Waals surface area contributed by atoms with Crippen molar-refractivity contribution in [2.24, 2.45) is 0 Å². The van der Waals surface area contributed by atoms with Gasteiger partial charge < -0.3 is 10.4 Å². The molecule has 1 unspecified atom stereocenters. The Morgan fingerprint density at radius 2 is 2.40 bits per heavy atom. The van der Waals surface area contributed by atoms with Crippen LogP contribution in [0.5, 0.6) is 0 Å². The highest BCUT2D eigenvalue weighted by molar-refractivity contribution is 6.29. The summed E-state index contributed by atoms with van der Waals surface area (Å²) in [6.45, 7) is 1.75. The number of carboxylic acid groups (broad SMARTS) is 1. The Hall–Kier alpha value is -1.73. The van der Waals surface area contributed by atoms with Crippen LogP contribution in [0.3, 0.4) is 0 Å². The minimum Gasteiger partial charge on any atom is -0.478 e. The lowest BCUT2D eigenvalue weighted by atomic mass is 10.2. The van der Waals surface area contributed by atoms with E-state index in [1.807, 2.05) is 0 Å². The van der Waals surface area contributed by atoms with E-state index in [0.29, 0.717) is 5.82 Å². The normalized spacial score (nSPS) is 11.5. The molecule has 0 fully saturated rings. The second-order valence-electron chi connectivity index (χ2n) is 2.90. The van der Waals surface area contributed by atoms with Gasteiger partial charge >= 0.3 is 5.97 Å². The van der Waals surface area contributed by atoms with Crippen LogP contribution in [0.1, 0.15) is 17.3 Å². The summed E-state index contributed by atoms with van der Waals surface area (Å²) >= 11 is 5.65. The number of rotatable bonds is 3. The molecule has 0 radical (unpaired) electrons. The number of halogens is 1. The maximum atomic E-state index is 10.7. The quantitative estimate of drug-likeness (QED) is 0.608. The van der Waals surface area contributed by atoms with Gasteiger partial charge in [0.2, 0.25) is 0 Å². The zero-order valence-electron chi connectivity index (χ0n) is 7.99. The van der Waals surface area contributed by atoms with Gasteiger partial charge in [0.15, 0.2) is 0 Å². The number of pyridine rings is 1. The van der Waals surface area contributed by atoms with Crippen LogP contribution in [0.2, 0.25) is 5.15 Å². The number of hydrogen-bond acceptors (Lipinski definition) is 3. The number of anilines is 1. The molecule has 1 atom stereocenters. The molecule has 1 aromatic heterocycles. The fourth-order valence-corrected chi connectivity index (χ4v) is 1.17. The van der Waals surface area contributed by atoms with E-state index in [2.05, 4.69) is 16.2 Å². The van der Waals surface area contributed by atoms with E-state index in [9.17, 15) is 4.79 Å². The Kier molecular flexibility index (Phi) is 3.53. The highest BCUT2D eigenvalue weighted by Gasteiger charge is 2.08. The van der Waals surface area contributed by atoms with Gasteiger partial charge in [0.05, 0.1) is 11.6 Å². The number of aromatic carboxylic acids is 1. The molecule has 4 nitrogen and oxygen atoms in total. The first-order valence-corrected chi connectivity index (χ1v) is 4.54. The second-order valence-corrected chi connectivity index (χ2v) is 3.29. The summed E-state index contributed by atoms with van der Waals surface area (Å²) in [5.41, 5.74) is 0.0710. The molecule has 0 saturated heterocycles. The van der Waals surface area contributed by atoms with Crippen molar-refractivity contribution in [2.45, 2.75) is 13.0 Å². The zero-order chi connectivity index (χ0) is 11.4. The van der Waals surface area contributed by atoms with Crippen molar-refractivity contribution >= 4 is 23.4 Å². The average molecular weight is 225 g/mol. The van der Waals surface area contributed by atoms with Crippen molar-refractivity contribution in [3.8, 4) is 12.3 Å². The van der Waals surface area contributed by atoms with Crippen LogP contribution in [0.15, 0.2) is 12.1 Å². The maximum Gasteiger partial charge on any atom is 0.335 e.